The van der Waals surface area contributed by atoms with Crippen LogP contribution >= 0.6 is 11.3 Å². The molecule has 0 aliphatic heterocycles. The van der Waals surface area contributed by atoms with Gasteiger partial charge in [-0.25, -0.2) is 0 Å². The van der Waals surface area contributed by atoms with Gasteiger partial charge in [0.1, 0.15) is 11.5 Å². The minimum Gasteiger partial charge on any atom is -0.497 e. The van der Waals surface area contributed by atoms with E-state index in [1.54, 1.807) is 18.4 Å². The van der Waals surface area contributed by atoms with Crippen LogP contribution < -0.4 is 19.4 Å². The first-order valence-corrected chi connectivity index (χ1v) is 16.1. The molecule has 0 bridgehead atoms. The Bertz CT molecular complexity index is 1130. The molecule has 2 aromatic carbocycles. The normalized spacial score (nSPS) is 11.0. The van der Waals surface area contributed by atoms with E-state index in [0.717, 1.165) is 35.7 Å². The number of nitrogens with zero attached hydrogens (tertiary/aromatic N) is 1. The zero-order chi connectivity index (χ0) is 28.4. The molecule has 1 aromatic heterocycles. The highest BCUT2D eigenvalue weighted by Gasteiger charge is 2.12. The molecule has 6 heteroatoms. The summed E-state index contributed by atoms with van der Waals surface area (Å²) < 4.78 is 13.8. The van der Waals surface area contributed by atoms with Gasteiger partial charge in [0.05, 0.1) is 25.5 Å². The molecule has 0 spiro atoms. The maximum Gasteiger partial charge on any atom is 0.234 e. The Labute approximate surface area is 245 Å². The van der Waals surface area contributed by atoms with E-state index in [-0.39, 0.29) is 12.3 Å². The van der Waals surface area contributed by atoms with Crippen LogP contribution in [0.5, 0.6) is 11.5 Å². The van der Waals surface area contributed by atoms with Crippen LogP contribution in [0.15, 0.2) is 54.0 Å². The number of amides is 1. The number of benzene rings is 2. The van der Waals surface area contributed by atoms with Crippen LogP contribution in [-0.2, 0) is 17.8 Å². The molecule has 0 unspecified atom stereocenters. The van der Waals surface area contributed by atoms with Gasteiger partial charge >= 0.3 is 0 Å². The maximum atomic E-state index is 12.9. The number of anilines is 1. The van der Waals surface area contributed by atoms with Gasteiger partial charge in [-0.15, -0.1) is 0 Å². The van der Waals surface area contributed by atoms with Crippen molar-refractivity contribution in [1.29, 1.82) is 0 Å². The van der Waals surface area contributed by atoms with E-state index in [1.807, 2.05) is 30.3 Å². The predicted molar refractivity (Wildman–Crippen MR) is 167 cm³/mol. The highest BCUT2D eigenvalue weighted by molar-refractivity contribution is 7.09. The molecular weight excluding hydrogens is 516 g/mol. The van der Waals surface area contributed by atoms with E-state index in [4.69, 9.17) is 9.47 Å². The van der Waals surface area contributed by atoms with Gasteiger partial charge in [0.2, 0.25) is 10.9 Å². The molecule has 1 heterocycles. The van der Waals surface area contributed by atoms with Crippen LogP contribution in [-0.4, -0.2) is 19.6 Å². The first-order valence-electron chi connectivity index (χ1n) is 15.2. The van der Waals surface area contributed by atoms with E-state index in [2.05, 4.69) is 47.4 Å². The number of carbonyl (C=O) groups excluding carboxylic acids is 1. The van der Waals surface area contributed by atoms with Crippen LogP contribution in [0, 0.1) is 6.92 Å². The second kappa shape index (κ2) is 18.5. The largest absolute Gasteiger partial charge is 0.497 e. The van der Waals surface area contributed by atoms with Crippen LogP contribution in [0.25, 0.3) is 0 Å². The molecule has 0 saturated heterocycles. The van der Waals surface area contributed by atoms with Crippen molar-refractivity contribution in [1.82, 2.24) is 0 Å². The fourth-order valence-electron chi connectivity index (χ4n) is 4.87. The summed E-state index contributed by atoms with van der Waals surface area (Å²) >= 11 is 1.74. The van der Waals surface area contributed by atoms with Gasteiger partial charge in [-0.05, 0) is 24.6 Å². The quantitative estimate of drug-likeness (QED) is 0.110. The summed E-state index contributed by atoms with van der Waals surface area (Å²) in [7, 11) is 1.65. The van der Waals surface area contributed by atoms with Crippen LogP contribution in [0.3, 0.4) is 0 Å². The maximum absolute atomic E-state index is 12.9. The number of unbranched alkanes of at least 4 members (excludes halogenated alkanes) is 11. The third-order valence-electron chi connectivity index (χ3n) is 7.36. The van der Waals surface area contributed by atoms with Gasteiger partial charge in [0, 0.05) is 29.8 Å². The minimum atomic E-state index is -0.0591. The van der Waals surface area contributed by atoms with Crippen molar-refractivity contribution in [2.24, 2.45) is 0 Å². The molecule has 0 fully saturated rings. The molecule has 0 aliphatic carbocycles. The Morgan fingerprint density at radius 3 is 2.12 bits per heavy atom. The molecule has 0 atom stereocenters. The molecule has 3 aromatic rings. The lowest BCUT2D eigenvalue weighted by Gasteiger charge is -2.13. The molecule has 5 nitrogen and oxygen atoms in total. The smallest absolute Gasteiger partial charge is 0.234 e. The number of thiazole rings is 1. The topological polar surface area (TPSA) is 51.4 Å². The van der Waals surface area contributed by atoms with Crippen molar-refractivity contribution in [2.75, 3.05) is 19.0 Å². The molecule has 0 radical (unpaired) electrons. The number of aromatic nitrogens is 1. The summed E-state index contributed by atoms with van der Waals surface area (Å²) in [6.45, 7) is 5.88. The molecule has 1 amide bonds. The average Bonchev–Trinajstić information content (AvgIpc) is 3.36. The van der Waals surface area contributed by atoms with Crippen molar-refractivity contribution in [3.63, 3.8) is 0 Å². The Balaban J connectivity index is 1.37. The van der Waals surface area contributed by atoms with Gasteiger partial charge in [-0.2, -0.15) is 4.57 Å². The number of hydrogen-bond acceptors (Lipinski definition) is 4. The van der Waals surface area contributed by atoms with Crippen molar-refractivity contribution in [2.45, 2.75) is 104 Å². The van der Waals surface area contributed by atoms with Gasteiger partial charge in [-0.3, -0.25) is 4.79 Å². The molecular formula is C34H49N2O3S+. The Morgan fingerprint density at radius 2 is 1.52 bits per heavy atom. The lowest BCUT2D eigenvalue weighted by atomic mass is 10.1. The van der Waals surface area contributed by atoms with E-state index >= 15 is 0 Å². The number of ether oxygens (including phenoxy) is 2. The van der Waals surface area contributed by atoms with Crippen LogP contribution in [0.2, 0.25) is 0 Å². The first kappa shape index (κ1) is 31.7. The molecule has 218 valence electrons. The monoisotopic (exact) mass is 565 g/mol. The van der Waals surface area contributed by atoms with Crippen molar-refractivity contribution in [3.8, 4) is 11.5 Å². The fraction of sp³-hybridized carbons (Fsp3) is 0.529. The van der Waals surface area contributed by atoms with Gasteiger partial charge in [0.15, 0.2) is 12.7 Å². The Hall–Kier alpha value is -2.86. The predicted octanol–water partition coefficient (Wildman–Crippen LogP) is 8.66. The third-order valence-corrected chi connectivity index (χ3v) is 8.19. The van der Waals surface area contributed by atoms with Crippen molar-refractivity contribution < 1.29 is 18.8 Å². The summed E-state index contributed by atoms with van der Waals surface area (Å²) in [5.74, 6) is 1.41. The molecule has 0 saturated carbocycles. The number of carbonyl (C=O) groups is 1. The van der Waals surface area contributed by atoms with Gasteiger partial charge < -0.3 is 14.8 Å². The minimum absolute atomic E-state index is 0.0591. The summed E-state index contributed by atoms with van der Waals surface area (Å²) in [5, 5.41) is 6.40. The number of hydrogen-bond donors (Lipinski definition) is 1. The summed E-state index contributed by atoms with van der Waals surface area (Å²) in [5.41, 5.74) is 2.87. The van der Waals surface area contributed by atoms with Gasteiger partial charge in [-0.1, -0.05) is 107 Å². The van der Waals surface area contributed by atoms with E-state index in [1.165, 1.54) is 81.2 Å². The number of aryl methyl sites for hydroxylation is 1. The number of rotatable bonds is 20. The fourth-order valence-corrected chi connectivity index (χ4v) is 5.54. The summed E-state index contributed by atoms with van der Waals surface area (Å²) in [6.07, 6.45) is 18.1. The van der Waals surface area contributed by atoms with Crippen molar-refractivity contribution in [3.05, 3.63) is 70.2 Å². The standard InChI is InChI=1S/C34H48N2O3S/c1-4-5-6-7-8-9-10-11-12-13-14-15-23-39-33-26-32(38-3)21-18-30(33)25-34(37)35-31-19-16-29(17-20-31)27-36-22-24-40-28(36)2/h16-22,24,26H,4-15,23,25,27H2,1-3H3/p+1. The van der Waals surface area contributed by atoms with E-state index in [0.29, 0.717) is 6.61 Å². The van der Waals surface area contributed by atoms with Crippen molar-refractivity contribution >= 4 is 22.9 Å². The first-order chi connectivity index (χ1) is 19.6. The lowest BCUT2D eigenvalue weighted by molar-refractivity contribution is -0.689. The third kappa shape index (κ3) is 11.7. The van der Waals surface area contributed by atoms with E-state index < -0.39 is 0 Å². The Morgan fingerprint density at radius 1 is 0.875 bits per heavy atom. The van der Waals surface area contributed by atoms with E-state index in [9.17, 15) is 4.79 Å². The molecule has 40 heavy (non-hydrogen) atoms. The molecule has 0 aliphatic rings. The highest BCUT2D eigenvalue weighted by atomic mass is 32.1. The molecule has 1 N–H and O–H groups in total. The summed E-state index contributed by atoms with van der Waals surface area (Å²) in [6, 6.07) is 13.8. The number of nitrogens with one attached hydrogen (secondary N) is 1. The number of methoxy groups -OCH3 is 1. The average molecular weight is 566 g/mol. The highest BCUT2D eigenvalue weighted by Crippen LogP contribution is 2.26. The lowest BCUT2D eigenvalue weighted by Crippen LogP contribution is -2.34. The van der Waals surface area contributed by atoms with Crippen LogP contribution in [0.1, 0.15) is 100 Å². The second-order valence-corrected chi connectivity index (χ2v) is 11.8. The van der Waals surface area contributed by atoms with Gasteiger partial charge in [0.25, 0.3) is 0 Å². The second-order valence-electron chi connectivity index (χ2n) is 10.7. The summed E-state index contributed by atoms with van der Waals surface area (Å²) in [4.78, 5) is 12.9. The SMILES string of the molecule is CCCCCCCCCCCCCCOc1cc(OC)ccc1CC(=O)Nc1ccc(C[n+]2ccsc2C)cc1. The Kier molecular flexibility index (Phi) is 14.6. The zero-order valence-corrected chi connectivity index (χ0v) is 25.7. The molecule has 3 rings (SSSR count). The zero-order valence-electron chi connectivity index (χ0n) is 24.9. The van der Waals surface area contributed by atoms with Crippen LogP contribution in [0.4, 0.5) is 5.69 Å².